The molecule has 8 heteroatoms. The maximum atomic E-state index is 13.2. The van der Waals surface area contributed by atoms with Crippen LogP contribution in [0, 0.1) is 0 Å². The van der Waals surface area contributed by atoms with Crippen molar-refractivity contribution in [1.82, 2.24) is 14.7 Å². The lowest BCUT2D eigenvalue weighted by molar-refractivity contribution is 0.0786. The van der Waals surface area contributed by atoms with Gasteiger partial charge >= 0.3 is 0 Å². The van der Waals surface area contributed by atoms with Gasteiger partial charge in [0.1, 0.15) is 0 Å². The second-order valence-corrected chi connectivity index (χ2v) is 9.48. The third kappa shape index (κ3) is 5.30. The van der Waals surface area contributed by atoms with E-state index in [0.29, 0.717) is 6.54 Å². The fraction of sp³-hybridized carbons (Fsp3) is 0.120. The number of carbonyl (C=O) groups excluding carboxylic acids is 1. The number of benzene rings is 3. The lowest BCUT2D eigenvalue weighted by Gasteiger charge is -2.19. The Hall–Kier alpha value is -3.91. The molecular formula is C25H24N4O3S. The number of nitrogens with zero attached hydrogens (tertiary/aromatic N) is 3. The van der Waals surface area contributed by atoms with Gasteiger partial charge in [-0.05, 0) is 24.3 Å². The maximum Gasteiger partial charge on any atom is 0.256 e. The number of anilines is 1. The fourth-order valence-electron chi connectivity index (χ4n) is 3.57. The van der Waals surface area contributed by atoms with Crippen molar-refractivity contribution in [3.8, 4) is 16.9 Å². The molecular weight excluding hydrogens is 436 g/mol. The molecule has 168 valence electrons. The van der Waals surface area contributed by atoms with E-state index in [1.54, 1.807) is 40.9 Å². The molecule has 0 spiro atoms. The molecule has 0 fully saturated rings. The lowest BCUT2D eigenvalue weighted by atomic mass is 10.1. The van der Waals surface area contributed by atoms with Gasteiger partial charge in [-0.3, -0.25) is 9.52 Å². The van der Waals surface area contributed by atoms with Crippen molar-refractivity contribution < 1.29 is 13.2 Å². The van der Waals surface area contributed by atoms with Crippen molar-refractivity contribution in [2.75, 3.05) is 18.0 Å². The van der Waals surface area contributed by atoms with Gasteiger partial charge in [-0.2, -0.15) is 5.10 Å². The zero-order valence-corrected chi connectivity index (χ0v) is 19.2. The Morgan fingerprint density at radius 2 is 1.55 bits per heavy atom. The summed E-state index contributed by atoms with van der Waals surface area (Å²) < 4.78 is 27.7. The van der Waals surface area contributed by atoms with Crippen molar-refractivity contribution in [3.05, 3.63) is 102 Å². The highest BCUT2D eigenvalue weighted by Gasteiger charge is 2.20. The number of amides is 1. The van der Waals surface area contributed by atoms with Gasteiger partial charge in [-0.1, -0.05) is 60.7 Å². The van der Waals surface area contributed by atoms with Crippen LogP contribution in [0.15, 0.2) is 91.1 Å². The molecule has 0 unspecified atom stereocenters. The number of rotatable bonds is 7. The summed E-state index contributed by atoms with van der Waals surface area (Å²) in [6, 6.07) is 26.1. The molecule has 4 aromatic rings. The standard InChI is InChI=1S/C25H24N4O3S/c1-28(25(30)22-15-9-10-16-23(22)27-33(2,31)32)17-20-18-29(21-13-7-4-8-14-21)26-24(20)19-11-5-3-6-12-19/h3-16,18,27H,17H2,1-2H3. The van der Waals surface area contributed by atoms with Crippen molar-refractivity contribution >= 4 is 21.6 Å². The van der Waals surface area contributed by atoms with Gasteiger partial charge < -0.3 is 4.90 Å². The minimum Gasteiger partial charge on any atom is -0.337 e. The quantitative estimate of drug-likeness (QED) is 0.448. The Morgan fingerprint density at radius 1 is 0.939 bits per heavy atom. The second kappa shape index (κ2) is 9.30. The van der Waals surface area contributed by atoms with E-state index in [2.05, 4.69) is 4.72 Å². The van der Waals surface area contributed by atoms with E-state index in [0.717, 1.165) is 28.8 Å². The van der Waals surface area contributed by atoms with Crippen LogP contribution < -0.4 is 4.72 Å². The number of sulfonamides is 1. The first-order chi connectivity index (χ1) is 15.8. The Kier molecular flexibility index (Phi) is 6.28. The Balaban J connectivity index is 1.68. The Morgan fingerprint density at radius 3 is 2.21 bits per heavy atom. The first-order valence-corrected chi connectivity index (χ1v) is 12.2. The van der Waals surface area contributed by atoms with Gasteiger partial charge in [0.05, 0.1) is 28.9 Å². The summed E-state index contributed by atoms with van der Waals surface area (Å²) in [5.41, 5.74) is 4.04. The molecule has 0 radical (unpaired) electrons. The molecule has 1 amide bonds. The van der Waals surface area contributed by atoms with Gasteiger partial charge in [-0.25, -0.2) is 13.1 Å². The fourth-order valence-corrected chi connectivity index (χ4v) is 4.15. The molecule has 0 bridgehead atoms. The summed E-state index contributed by atoms with van der Waals surface area (Å²) in [4.78, 5) is 14.8. The van der Waals surface area contributed by atoms with Crippen LogP contribution in [0.5, 0.6) is 0 Å². The van der Waals surface area contributed by atoms with Gasteiger partial charge in [0.25, 0.3) is 5.91 Å². The van der Waals surface area contributed by atoms with Crippen LogP contribution in [0.1, 0.15) is 15.9 Å². The van der Waals surface area contributed by atoms with E-state index < -0.39 is 10.0 Å². The van der Waals surface area contributed by atoms with E-state index in [1.807, 2.05) is 66.9 Å². The number of nitrogens with one attached hydrogen (secondary N) is 1. The topological polar surface area (TPSA) is 84.3 Å². The first-order valence-electron chi connectivity index (χ1n) is 10.3. The largest absolute Gasteiger partial charge is 0.337 e. The zero-order chi connectivity index (χ0) is 23.4. The predicted octanol–water partition coefficient (Wildman–Crippen LogP) is 4.18. The number of para-hydroxylation sites is 2. The molecule has 0 saturated heterocycles. The third-order valence-electron chi connectivity index (χ3n) is 5.07. The molecule has 0 aliphatic heterocycles. The highest BCUT2D eigenvalue weighted by molar-refractivity contribution is 7.92. The summed E-state index contributed by atoms with van der Waals surface area (Å²) in [6.45, 7) is 0.295. The molecule has 0 aliphatic carbocycles. The highest BCUT2D eigenvalue weighted by Crippen LogP contribution is 2.26. The van der Waals surface area contributed by atoms with Crippen LogP contribution in [0.4, 0.5) is 5.69 Å². The number of aromatic nitrogens is 2. The molecule has 0 saturated carbocycles. The smallest absolute Gasteiger partial charge is 0.256 e. The third-order valence-corrected chi connectivity index (χ3v) is 5.66. The van der Waals surface area contributed by atoms with Crippen molar-refractivity contribution in [2.24, 2.45) is 0 Å². The van der Waals surface area contributed by atoms with Crippen LogP contribution in [-0.2, 0) is 16.6 Å². The molecule has 1 aromatic heterocycles. The van der Waals surface area contributed by atoms with Crippen molar-refractivity contribution in [1.29, 1.82) is 0 Å². The van der Waals surface area contributed by atoms with Gasteiger partial charge in [0.2, 0.25) is 10.0 Å². The van der Waals surface area contributed by atoms with E-state index in [1.165, 1.54) is 0 Å². The molecule has 7 nitrogen and oxygen atoms in total. The van der Waals surface area contributed by atoms with E-state index in [-0.39, 0.29) is 17.2 Å². The normalized spacial score (nSPS) is 11.2. The van der Waals surface area contributed by atoms with E-state index in [9.17, 15) is 13.2 Å². The Bertz CT molecular complexity index is 1370. The zero-order valence-electron chi connectivity index (χ0n) is 18.3. The molecule has 3 aromatic carbocycles. The first kappa shape index (κ1) is 22.3. The maximum absolute atomic E-state index is 13.2. The van der Waals surface area contributed by atoms with Crippen LogP contribution in [0.2, 0.25) is 0 Å². The molecule has 0 atom stereocenters. The number of carbonyl (C=O) groups is 1. The van der Waals surface area contributed by atoms with Crippen LogP contribution in [0.3, 0.4) is 0 Å². The predicted molar refractivity (Wildman–Crippen MR) is 130 cm³/mol. The van der Waals surface area contributed by atoms with Gasteiger partial charge in [0, 0.05) is 30.9 Å². The molecule has 0 aliphatic rings. The van der Waals surface area contributed by atoms with Crippen molar-refractivity contribution in [3.63, 3.8) is 0 Å². The van der Waals surface area contributed by atoms with E-state index >= 15 is 0 Å². The second-order valence-electron chi connectivity index (χ2n) is 7.73. The average Bonchev–Trinajstić information content (AvgIpc) is 3.23. The molecule has 4 rings (SSSR count). The summed E-state index contributed by atoms with van der Waals surface area (Å²) in [5.74, 6) is -0.298. The number of hydrogen-bond donors (Lipinski definition) is 1. The summed E-state index contributed by atoms with van der Waals surface area (Å²) >= 11 is 0. The number of hydrogen-bond acceptors (Lipinski definition) is 4. The summed E-state index contributed by atoms with van der Waals surface area (Å²) in [7, 11) is -1.83. The average molecular weight is 461 g/mol. The summed E-state index contributed by atoms with van der Waals surface area (Å²) in [6.07, 6.45) is 2.98. The molecule has 1 heterocycles. The van der Waals surface area contributed by atoms with Crippen LogP contribution in [-0.4, -0.2) is 42.3 Å². The van der Waals surface area contributed by atoms with Crippen molar-refractivity contribution in [2.45, 2.75) is 6.54 Å². The molecule has 33 heavy (non-hydrogen) atoms. The van der Waals surface area contributed by atoms with Crippen LogP contribution >= 0.6 is 0 Å². The minimum absolute atomic E-state index is 0.250. The van der Waals surface area contributed by atoms with Gasteiger partial charge in [0.15, 0.2) is 0 Å². The lowest BCUT2D eigenvalue weighted by Crippen LogP contribution is -2.27. The summed E-state index contributed by atoms with van der Waals surface area (Å²) in [5, 5.41) is 4.79. The SMILES string of the molecule is CN(Cc1cn(-c2ccccc2)nc1-c1ccccc1)C(=O)c1ccccc1NS(C)(=O)=O. The monoisotopic (exact) mass is 460 g/mol. The minimum atomic E-state index is -3.52. The van der Waals surface area contributed by atoms with E-state index in [4.69, 9.17) is 5.10 Å². The van der Waals surface area contributed by atoms with Crippen LogP contribution in [0.25, 0.3) is 16.9 Å². The highest BCUT2D eigenvalue weighted by atomic mass is 32.2. The molecule has 1 N–H and O–H groups in total. The van der Waals surface area contributed by atoms with Gasteiger partial charge in [-0.15, -0.1) is 0 Å². The Labute approximate surface area is 193 Å².